The van der Waals surface area contributed by atoms with Crippen molar-refractivity contribution in [3.8, 4) is 5.75 Å². The van der Waals surface area contributed by atoms with Gasteiger partial charge in [-0.2, -0.15) is 5.10 Å². The lowest BCUT2D eigenvalue weighted by molar-refractivity contribution is -0.134. The highest BCUT2D eigenvalue weighted by Crippen LogP contribution is 2.31. The molecule has 1 aliphatic rings. The van der Waals surface area contributed by atoms with Crippen molar-refractivity contribution in [2.24, 2.45) is 7.05 Å². The van der Waals surface area contributed by atoms with Crippen molar-refractivity contribution in [2.75, 3.05) is 13.2 Å². The molecular weight excluding hydrogens is 268 g/mol. The molecule has 2 aromatic heterocycles. The van der Waals surface area contributed by atoms with E-state index >= 15 is 0 Å². The predicted molar refractivity (Wildman–Crippen MR) is 76.6 cm³/mol. The molecule has 0 aromatic carbocycles. The van der Waals surface area contributed by atoms with E-state index in [4.69, 9.17) is 4.74 Å². The molecule has 2 aromatic rings. The molecule has 0 spiro atoms. The van der Waals surface area contributed by atoms with Gasteiger partial charge >= 0.3 is 0 Å². The number of carbonyl (C=O) groups is 1. The number of hydrogen-bond donors (Lipinski definition) is 0. The number of amides is 1. The average Bonchev–Trinajstić information content (AvgIpc) is 3.14. The molecule has 21 heavy (non-hydrogen) atoms. The summed E-state index contributed by atoms with van der Waals surface area (Å²) in [5.41, 5.74) is 1.09. The fraction of sp³-hybridized carbons (Fsp3) is 0.400. The second kappa shape index (κ2) is 5.95. The van der Waals surface area contributed by atoms with Crippen LogP contribution in [-0.2, 0) is 11.8 Å². The zero-order valence-electron chi connectivity index (χ0n) is 12.0. The summed E-state index contributed by atoms with van der Waals surface area (Å²) in [6.07, 6.45) is 9.07. The Labute approximate surface area is 123 Å². The highest BCUT2D eigenvalue weighted by molar-refractivity contribution is 5.78. The van der Waals surface area contributed by atoms with Gasteiger partial charge in [-0.25, -0.2) is 0 Å². The Balaban J connectivity index is 1.63. The Hall–Kier alpha value is -2.37. The third-order valence-electron chi connectivity index (χ3n) is 3.68. The van der Waals surface area contributed by atoms with Crippen LogP contribution in [0.3, 0.4) is 0 Å². The van der Waals surface area contributed by atoms with Crippen molar-refractivity contribution in [1.29, 1.82) is 0 Å². The number of aromatic nitrogens is 3. The van der Waals surface area contributed by atoms with Crippen LogP contribution in [-0.4, -0.2) is 38.7 Å². The molecule has 1 aliphatic heterocycles. The molecule has 1 amide bonds. The summed E-state index contributed by atoms with van der Waals surface area (Å²) in [4.78, 5) is 18.2. The maximum atomic E-state index is 12.4. The van der Waals surface area contributed by atoms with Gasteiger partial charge in [0.05, 0.1) is 18.4 Å². The van der Waals surface area contributed by atoms with Crippen molar-refractivity contribution in [1.82, 2.24) is 19.7 Å². The molecule has 3 rings (SSSR count). The molecule has 0 aliphatic carbocycles. The zero-order chi connectivity index (χ0) is 14.7. The molecule has 110 valence electrons. The van der Waals surface area contributed by atoms with E-state index in [1.807, 2.05) is 24.3 Å². The topological polar surface area (TPSA) is 60.2 Å². The van der Waals surface area contributed by atoms with E-state index in [1.54, 1.807) is 29.2 Å². The smallest absolute Gasteiger partial charge is 0.261 e. The fourth-order valence-electron chi connectivity index (χ4n) is 2.68. The molecule has 1 saturated heterocycles. The summed E-state index contributed by atoms with van der Waals surface area (Å²) < 4.78 is 7.26. The molecule has 0 N–H and O–H groups in total. The maximum absolute atomic E-state index is 12.4. The summed E-state index contributed by atoms with van der Waals surface area (Å²) in [7, 11) is 1.89. The fourth-order valence-corrected chi connectivity index (χ4v) is 2.68. The highest BCUT2D eigenvalue weighted by Gasteiger charge is 2.30. The van der Waals surface area contributed by atoms with Crippen LogP contribution in [0.5, 0.6) is 5.75 Å². The Morgan fingerprint density at radius 2 is 2.38 bits per heavy atom. The van der Waals surface area contributed by atoms with E-state index in [-0.39, 0.29) is 18.6 Å². The summed E-state index contributed by atoms with van der Waals surface area (Å²) in [6, 6.07) is 3.69. The molecule has 6 nitrogen and oxygen atoms in total. The first-order chi connectivity index (χ1) is 10.2. The van der Waals surface area contributed by atoms with E-state index in [0.29, 0.717) is 5.75 Å². The summed E-state index contributed by atoms with van der Waals surface area (Å²) >= 11 is 0. The van der Waals surface area contributed by atoms with Crippen LogP contribution in [0, 0.1) is 0 Å². The van der Waals surface area contributed by atoms with Crippen molar-refractivity contribution in [3.05, 3.63) is 42.5 Å². The Kier molecular flexibility index (Phi) is 3.85. The highest BCUT2D eigenvalue weighted by atomic mass is 16.5. The summed E-state index contributed by atoms with van der Waals surface area (Å²) in [5, 5.41) is 4.19. The van der Waals surface area contributed by atoms with Crippen LogP contribution in [0.2, 0.25) is 0 Å². The molecule has 0 unspecified atom stereocenters. The standard InChI is InChI=1S/C15H18N4O2/c1-18-10-12(8-17-18)14-5-3-7-19(14)15(20)11-21-13-4-2-6-16-9-13/h2,4,6,8-10,14H,3,5,7,11H2,1H3/t14-/m1/s1. The number of ether oxygens (including phenoxy) is 1. The molecule has 1 atom stereocenters. The normalized spacial score (nSPS) is 18.0. The lowest BCUT2D eigenvalue weighted by atomic mass is 10.1. The Morgan fingerprint density at radius 1 is 1.48 bits per heavy atom. The predicted octanol–water partition coefficient (Wildman–Crippen LogP) is 1.56. The van der Waals surface area contributed by atoms with Gasteiger partial charge in [-0.15, -0.1) is 0 Å². The molecule has 0 radical (unpaired) electrons. The molecule has 1 fully saturated rings. The van der Waals surface area contributed by atoms with Gasteiger partial charge in [0.2, 0.25) is 0 Å². The first-order valence-corrected chi connectivity index (χ1v) is 7.05. The van der Waals surface area contributed by atoms with Gasteiger partial charge in [0, 0.05) is 31.5 Å². The van der Waals surface area contributed by atoms with E-state index in [2.05, 4.69) is 10.1 Å². The number of carbonyl (C=O) groups excluding carboxylic acids is 1. The lowest BCUT2D eigenvalue weighted by Gasteiger charge is -2.23. The largest absolute Gasteiger partial charge is 0.482 e. The van der Waals surface area contributed by atoms with E-state index in [9.17, 15) is 4.79 Å². The minimum atomic E-state index is 0.00482. The monoisotopic (exact) mass is 286 g/mol. The van der Waals surface area contributed by atoms with Crippen LogP contribution < -0.4 is 4.74 Å². The number of pyridine rings is 1. The Bertz CT molecular complexity index is 611. The Morgan fingerprint density at radius 3 is 3.10 bits per heavy atom. The molecular formula is C15H18N4O2. The van der Waals surface area contributed by atoms with Crippen LogP contribution in [0.25, 0.3) is 0 Å². The second-order valence-electron chi connectivity index (χ2n) is 5.17. The average molecular weight is 286 g/mol. The molecule has 6 heteroatoms. The minimum Gasteiger partial charge on any atom is -0.482 e. The SMILES string of the molecule is Cn1cc([C@H]2CCCN2C(=O)COc2cccnc2)cn1. The van der Waals surface area contributed by atoms with Gasteiger partial charge in [0.15, 0.2) is 6.61 Å². The maximum Gasteiger partial charge on any atom is 0.261 e. The van der Waals surface area contributed by atoms with Gasteiger partial charge in [-0.1, -0.05) is 0 Å². The third-order valence-corrected chi connectivity index (χ3v) is 3.68. The molecule has 0 bridgehead atoms. The second-order valence-corrected chi connectivity index (χ2v) is 5.17. The zero-order valence-corrected chi connectivity index (χ0v) is 12.0. The van der Waals surface area contributed by atoms with Gasteiger partial charge in [0.1, 0.15) is 5.75 Å². The van der Waals surface area contributed by atoms with E-state index < -0.39 is 0 Å². The van der Waals surface area contributed by atoms with Crippen LogP contribution in [0.1, 0.15) is 24.4 Å². The van der Waals surface area contributed by atoms with Crippen LogP contribution >= 0.6 is 0 Å². The lowest BCUT2D eigenvalue weighted by Crippen LogP contribution is -2.34. The quantitative estimate of drug-likeness (QED) is 0.855. The van der Waals surface area contributed by atoms with Crippen LogP contribution in [0.4, 0.5) is 0 Å². The summed E-state index contributed by atoms with van der Waals surface area (Å²) in [6.45, 7) is 0.817. The van der Waals surface area contributed by atoms with Crippen molar-refractivity contribution in [2.45, 2.75) is 18.9 Å². The third kappa shape index (κ3) is 3.04. The van der Waals surface area contributed by atoms with Gasteiger partial charge in [0.25, 0.3) is 5.91 Å². The minimum absolute atomic E-state index is 0.00482. The van der Waals surface area contributed by atoms with Crippen molar-refractivity contribution >= 4 is 5.91 Å². The summed E-state index contributed by atoms with van der Waals surface area (Å²) in [5.74, 6) is 0.619. The number of likely N-dealkylation sites (tertiary alicyclic amines) is 1. The number of aryl methyl sites for hydroxylation is 1. The van der Waals surface area contributed by atoms with Gasteiger partial charge < -0.3 is 9.64 Å². The van der Waals surface area contributed by atoms with Crippen molar-refractivity contribution < 1.29 is 9.53 Å². The van der Waals surface area contributed by atoms with Crippen LogP contribution in [0.15, 0.2) is 36.9 Å². The van der Waals surface area contributed by atoms with Crippen molar-refractivity contribution in [3.63, 3.8) is 0 Å². The van der Waals surface area contributed by atoms with E-state index in [1.165, 1.54) is 0 Å². The number of nitrogens with zero attached hydrogens (tertiary/aromatic N) is 4. The number of hydrogen-bond acceptors (Lipinski definition) is 4. The molecule has 3 heterocycles. The van der Waals surface area contributed by atoms with Gasteiger partial charge in [-0.3, -0.25) is 14.5 Å². The first kappa shape index (κ1) is 13.6. The number of rotatable bonds is 4. The van der Waals surface area contributed by atoms with Gasteiger partial charge in [-0.05, 0) is 25.0 Å². The first-order valence-electron chi connectivity index (χ1n) is 7.05. The van der Waals surface area contributed by atoms with E-state index in [0.717, 1.165) is 24.9 Å². The molecule has 0 saturated carbocycles.